The molecule has 0 radical (unpaired) electrons. The number of hydrogen-bond donors (Lipinski definition) is 2. The summed E-state index contributed by atoms with van der Waals surface area (Å²) in [6.07, 6.45) is 0. The van der Waals surface area contributed by atoms with Gasteiger partial charge in [0.15, 0.2) is 0 Å². The van der Waals surface area contributed by atoms with Gasteiger partial charge in [-0.25, -0.2) is 0 Å². The molecule has 2 nitrogen and oxygen atoms in total. The zero-order chi connectivity index (χ0) is 10.8. The van der Waals surface area contributed by atoms with Crippen LogP contribution in [0.5, 0.6) is 0 Å². The van der Waals surface area contributed by atoms with Gasteiger partial charge >= 0.3 is 0 Å². The third-order valence-electron chi connectivity index (χ3n) is 1.93. The van der Waals surface area contributed by atoms with E-state index in [9.17, 15) is 0 Å². The molecule has 0 aromatic heterocycles. The van der Waals surface area contributed by atoms with Gasteiger partial charge in [0.25, 0.3) is 0 Å². The fourth-order valence-electron chi connectivity index (χ4n) is 1.11. The summed E-state index contributed by atoms with van der Waals surface area (Å²) < 4.78 is 0. The maximum atomic E-state index is 5.90. The van der Waals surface area contributed by atoms with Crippen molar-refractivity contribution < 1.29 is 0 Å². The van der Waals surface area contributed by atoms with Crippen LogP contribution in [0.1, 0.15) is 19.4 Å². The van der Waals surface area contributed by atoms with Gasteiger partial charge in [-0.3, -0.25) is 0 Å². The van der Waals surface area contributed by atoms with E-state index < -0.39 is 0 Å². The summed E-state index contributed by atoms with van der Waals surface area (Å²) in [6.45, 7) is 6.75. The van der Waals surface area contributed by atoms with Crippen molar-refractivity contribution in [3.8, 4) is 0 Å². The number of nitrogens with two attached hydrogens (primary N) is 1. The molecule has 0 saturated carbocycles. The van der Waals surface area contributed by atoms with E-state index in [0.717, 1.165) is 17.3 Å². The molecule has 0 unspecified atom stereocenters. The van der Waals surface area contributed by atoms with Gasteiger partial charge in [-0.05, 0) is 38.5 Å². The minimum atomic E-state index is -0.214. The summed E-state index contributed by atoms with van der Waals surface area (Å²) in [5.41, 5.74) is 7.89. The third-order valence-corrected chi connectivity index (χ3v) is 2.17. The highest BCUT2D eigenvalue weighted by molar-refractivity contribution is 6.30. The van der Waals surface area contributed by atoms with E-state index in [0.29, 0.717) is 0 Å². The van der Waals surface area contributed by atoms with Gasteiger partial charge in [0.1, 0.15) is 0 Å². The lowest BCUT2D eigenvalue weighted by atomic mass is 10.1. The smallest absolute Gasteiger partial charge is 0.0426 e. The highest BCUT2D eigenvalue weighted by Crippen LogP contribution is 2.20. The third kappa shape index (κ3) is 3.56. The van der Waals surface area contributed by atoms with Crippen molar-refractivity contribution >= 4 is 17.3 Å². The Kier molecular flexibility index (Phi) is 3.40. The van der Waals surface area contributed by atoms with Crippen molar-refractivity contribution in [2.24, 2.45) is 5.73 Å². The normalized spacial score (nSPS) is 11.5. The Labute approximate surface area is 90.4 Å². The maximum Gasteiger partial charge on any atom is 0.0426 e. The summed E-state index contributed by atoms with van der Waals surface area (Å²) in [5, 5.41) is 4.03. The number of benzene rings is 1. The number of halogens is 1. The molecule has 0 aliphatic carbocycles. The second-order valence-electron chi connectivity index (χ2n) is 4.30. The van der Waals surface area contributed by atoms with Crippen LogP contribution in [0.25, 0.3) is 0 Å². The Morgan fingerprint density at radius 2 is 2.07 bits per heavy atom. The fourth-order valence-corrected chi connectivity index (χ4v) is 1.28. The molecule has 0 atom stereocenters. The van der Waals surface area contributed by atoms with Crippen LogP contribution in [-0.4, -0.2) is 12.1 Å². The predicted octanol–water partition coefficient (Wildman–Crippen LogP) is 2.80. The van der Waals surface area contributed by atoms with E-state index >= 15 is 0 Å². The SMILES string of the molecule is Cc1ccc(Cl)cc1NCC(C)(C)N. The van der Waals surface area contributed by atoms with E-state index in [1.807, 2.05) is 39.0 Å². The van der Waals surface area contributed by atoms with Crippen molar-refractivity contribution in [2.75, 3.05) is 11.9 Å². The first-order chi connectivity index (χ1) is 6.38. The van der Waals surface area contributed by atoms with E-state index in [1.165, 1.54) is 5.56 Å². The van der Waals surface area contributed by atoms with Crippen molar-refractivity contribution in [1.29, 1.82) is 0 Å². The first-order valence-corrected chi connectivity index (χ1v) is 5.05. The molecule has 0 spiro atoms. The zero-order valence-corrected chi connectivity index (χ0v) is 9.65. The van der Waals surface area contributed by atoms with Crippen LogP contribution in [0.3, 0.4) is 0 Å². The average Bonchev–Trinajstić information content (AvgIpc) is 2.05. The Bertz CT molecular complexity index is 316. The zero-order valence-electron chi connectivity index (χ0n) is 8.89. The van der Waals surface area contributed by atoms with E-state index in [1.54, 1.807) is 0 Å². The van der Waals surface area contributed by atoms with Crippen molar-refractivity contribution in [1.82, 2.24) is 0 Å². The minimum Gasteiger partial charge on any atom is -0.383 e. The number of aryl methyl sites for hydroxylation is 1. The number of rotatable bonds is 3. The van der Waals surface area contributed by atoms with Gasteiger partial charge in [-0.2, -0.15) is 0 Å². The molecule has 0 aliphatic rings. The Morgan fingerprint density at radius 3 is 2.64 bits per heavy atom. The van der Waals surface area contributed by atoms with Crippen LogP contribution >= 0.6 is 11.6 Å². The molecule has 0 amide bonds. The molecule has 0 heterocycles. The predicted molar refractivity (Wildman–Crippen MR) is 62.9 cm³/mol. The van der Waals surface area contributed by atoms with Crippen LogP contribution in [-0.2, 0) is 0 Å². The largest absolute Gasteiger partial charge is 0.383 e. The van der Waals surface area contributed by atoms with Crippen LogP contribution < -0.4 is 11.1 Å². The van der Waals surface area contributed by atoms with E-state index in [2.05, 4.69) is 5.32 Å². The Hall–Kier alpha value is -0.730. The van der Waals surface area contributed by atoms with Crippen molar-refractivity contribution in [3.05, 3.63) is 28.8 Å². The van der Waals surface area contributed by atoms with Gasteiger partial charge in [-0.15, -0.1) is 0 Å². The lowest BCUT2D eigenvalue weighted by Gasteiger charge is -2.20. The summed E-state index contributed by atoms with van der Waals surface area (Å²) in [6, 6.07) is 5.80. The molecule has 0 bridgehead atoms. The van der Waals surface area contributed by atoms with Crippen LogP contribution in [0.2, 0.25) is 5.02 Å². The van der Waals surface area contributed by atoms with Gasteiger partial charge in [-0.1, -0.05) is 17.7 Å². The number of anilines is 1. The Morgan fingerprint density at radius 1 is 1.43 bits per heavy atom. The topological polar surface area (TPSA) is 38.0 Å². The molecule has 0 aliphatic heterocycles. The molecular formula is C11H17ClN2. The van der Waals surface area contributed by atoms with Crippen LogP contribution in [0.4, 0.5) is 5.69 Å². The van der Waals surface area contributed by atoms with Gasteiger partial charge in [0.2, 0.25) is 0 Å². The van der Waals surface area contributed by atoms with Crippen molar-refractivity contribution in [2.45, 2.75) is 26.3 Å². The highest BCUT2D eigenvalue weighted by Gasteiger charge is 2.10. The lowest BCUT2D eigenvalue weighted by molar-refractivity contribution is 0.549. The van der Waals surface area contributed by atoms with Gasteiger partial charge in [0, 0.05) is 22.8 Å². The molecule has 14 heavy (non-hydrogen) atoms. The monoisotopic (exact) mass is 212 g/mol. The number of nitrogens with one attached hydrogen (secondary N) is 1. The molecule has 0 saturated heterocycles. The van der Waals surface area contributed by atoms with Gasteiger partial charge in [0.05, 0.1) is 0 Å². The first-order valence-electron chi connectivity index (χ1n) is 4.67. The van der Waals surface area contributed by atoms with E-state index in [4.69, 9.17) is 17.3 Å². The van der Waals surface area contributed by atoms with Gasteiger partial charge < -0.3 is 11.1 Å². The standard InChI is InChI=1S/C11H17ClN2/c1-8-4-5-9(12)6-10(8)14-7-11(2,3)13/h4-6,14H,7,13H2,1-3H3. The van der Waals surface area contributed by atoms with Crippen LogP contribution in [0.15, 0.2) is 18.2 Å². The van der Waals surface area contributed by atoms with Crippen LogP contribution in [0, 0.1) is 6.92 Å². The quantitative estimate of drug-likeness (QED) is 0.809. The molecular weight excluding hydrogens is 196 g/mol. The summed E-state index contributed by atoms with van der Waals surface area (Å²) in [4.78, 5) is 0. The maximum absolute atomic E-state index is 5.90. The molecule has 1 aromatic carbocycles. The summed E-state index contributed by atoms with van der Waals surface area (Å²) in [7, 11) is 0. The molecule has 1 rings (SSSR count). The minimum absolute atomic E-state index is 0.214. The fraction of sp³-hybridized carbons (Fsp3) is 0.455. The second kappa shape index (κ2) is 4.20. The number of hydrogen-bond acceptors (Lipinski definition) is 2. The second-order valence-corrected chi connectivity index (χ2v) is 4.74. The highest BCUT2D eigenvalue weighted by atomic mass is 35.5. The molecule has 3 heteroatoms. The molecule has 0 fully saturated rings. The first kappa shape index (κ1) is 11.3. The van der Waals surface area contributed by atoms with E-state index in [-0.39, 0.29) is 5.54 Å². The Balaban J connectivity index is 2.72. The summed E-state index contributed by atoms with van der Waals surface area (Å²) in [5.74, 6) is 0. The lowest BCUT2D eigenvalue weighted by Crippen LogP contribution is -2.39. The molecule has 3 N–H and O–H groups in total. The molecule has 78 valence electrons. The van der Waals surface area contributed by atoms with Crippen molar-refractivity contribution in [3.63, 3.8) is 0 Å². The molecule has 1 aromatic rings. The average molecular weight is 213 g/mol. The summed E-state index contributed by atoms with van der Waals surface area (Å²) >= 11 is 5.90.